The molecule has 0 aromatic rings. The summed E-state index contributed by atoms with van der Waals surface area (Å²) in [5.74, 6) is 0. The first kappa shape index (κ1) is 7.11. The van der Waals surface area contributed by atoms with Gasteiger partial charge in [0.15, 0.2) is 0 Å². The Labute approximate surface area is 44.8 Å². The summed E-state index contributed by atoms with van der Waals surface area (Å²) in [7, 11) is -4.30. The lowest BCUT2D eigenvalue weighted by molar-refractivity contribution is -0.412. The minimum absolute atomic E-state index is 1.38. The van der Waals surface area contributed by atoms with Crippen LogP contribution in [0.4, 0.5) is 0 Å². The number of nitrogens with zero attached hydrogens (tertiary/aromatic N) is 2. The molecule has 0 atom stereocenters. The van der Waals surface area contributed by atoms with Gasteiger partial charge in [0, 0.05) is 5.03 Å². The Bertz CT molecular complexity index is 177. The van der Waals surface area contributed by atoms with Crippen molar-refractivity contribution < 1.29 is 13.5 Å². The van der Waals surface area contributed by atoms with E-state index in [-0.39, 0.29) is 0 Å². The molecule has 0 aliphatic carbocycles. The zero-order valence-corrected chi connectivity index (χ0v) is 4.33. The molecule has 0 spiro atoms. The molecule has 0 aliphatic heterocycles. The van der Waals surface area contributed by atoms with E-state index in [9.17, 15) is 18.5 Å². The summed E-state index contributed by atoms with van der Waals surface area (Å²) >= 11 is 0. The highest BCUT2D eigenvalue weighted by atomic mass is 32.2. The van der Waals surface area contributed by atoms with Gasteiger partial charge < -0.3 is 0 Å². The van der Waals surface area contributed by atoms with Crippen molar-refractivity contribution in [3.05, 3.63) is 14.9 Å². The molecule has 0 bridgehead atoms. The molecule has 8 heavy (non-hydrogen) atoms. The zero-order valence-electron chi connectivity index (χ0n) is 3.51. The van der Waals surface area contributed by atoms with Gasteiger partial charge in [0.05, 0.1) is 0 Å². The smallest absolute Gasteiger partial charge is 0.204 e. The molecule has 0 saturated carbocycles. The summed E-state index contributed by atoms with van der Waals surface area (Å²) in [4.78, 5) is 11.1. The predicted octanol–water partition coefficient (Wildman–Crippen LogP) is -1.24. The lowest BCUT2D eigenvalue weighted by Crippen LogP contribution is -2.13. The second kappa shape index (κ2) is 1.92. The van der Waals surface area contributed by atoms with E-state index in [1.807, 2.05) is 4.83 Å². The normalized spacial score (nSPS) is 10.6. The van der Waals surface area contributed by atoms with E-state index in [0.717, 1.165) is 0 Å². The van der Waals surface area contributed by atoms with E-state index in [1.54, 1.807) is 0 Å². The molecule has 0 radical (unpaired) electrons. The Morgan fingerprint density at radius 2 is 2.00 bits per heavy atom. The molecular formula is H2N3O4S-. The van der Waals surface area contributed by atoms with Crippen molar-refractivity contribution >= 4 is 10.2 Å². The van der Waals surface area contributed by atoms with Crippen molar-refractivity contribution in [3.8, 4) is 0 Å². The van der Waals surface area contributed by atoms with Crippen LogP contribution in [0.3, 0.4) is 0 Å². The van der Waals surface area contributed by atoms with Crippen LogP contribution in [0.2, 0.25) is 0 Å². The van der Waals surface area contributed by atoms with Gasteiger partial charge >= 0.3 is 0 Å². The topological polar surface area (TPSA) is 117 Å². The average Bonchev–Trinajstić information content (AvgIpc) is 1.21. The molecule has 0 saturated heterocycles. The monoisotopic (exact) mass is 140 g/mol. The predicted molar refractivity (Wildman–Crippen MR) is 23.5 cm³/mol. The molecule has 0 amide bonds. The van der Waals surface area contributed by atoms with Gasteiger partial charge in [-0.3, -0.25) is 14.9 Å². The van der Waals surface area contributed by atoms with Crippen LogP contribution in [-0.4, -0.2) is 13.5 Å². The average molecular weight is 140 g/mol. The molecule has 48 valence electrons. The maximum Gasteiger partial charge on any atom is 0.204 e. The summed E-state index contributed by atoms with van der Waals surface area (Å²) in [6, 6.07) is 0. The lowest BCUT2D eigenvalue weighted by atomic mass is 12.7. The number of hydrogen-bond donors (Lipinski definition) is 1. The number of hydrogen-bond acceptors (Lipinski definition) is 4. The fraction of sp³-hybridized carbons (Fsp3) is 0. The van der Waals surface area contributed by atoms with Crippen LogP contribution in [0.15, 0.2) is 0 Å². The van der Waals surface area contributed by atoms with Gasteiger partial charge in [-0.2, -0.15) is 0 Å². The highest BCUT2D eigenvalue weighted by Gasteiger charge is 1.90. The van der Waals surface area contributed by atoms with Crippen LogP contribution in [0.1, 0.15) is 0 Å². The SMILES string of the molecule is NS(=O)(=O)[N-][N+](=O)[O-]. The molecular weight excluding hydrogens is 138 g/mol. The van der Waals surface area contributed by atoms with Gasteiger partial charge in [0.2, 0.25) is 10.2 Å². The van der Waals surface area contributed by atoms with Gasteiger partial charge in [-0.1, -0.05) is 0 Å². The molecule has 0 aliphatic rings. The third-order valence-electron chi connectivity index (χ3n) is 0.180. The van der Waals surface area contributed by atoms with Crippen LogP contribution in [-0.2, 0) is 10.2 Å². The van der Waals surface area contributed by atoms with E-state index in [2.05, 4.69) is 5.14 Å². The zero-order chi connectivity index (χ0) is 6.78. The minimum atomic E-state index is -4.30. The largest absolute Gasteiger partial charge is 0.268 e. The van der Waals surface area contributed by atoms with Crippen molar-refractivity contribution in [1.29, 1.82) is 0 Å². The Hall–Kier alpha value is -0.890. The summed E-state index contributed by atoms with van der Waals surface area (Å²) in [6.07, 6.45) is 0. The van der Waals surface area contributed by atoms with Crippen molar-refractivity contribution in [2.45, 2.75) is 0 Å². The first-order valence-corrected chi connectivity index (χ1v) is 2.82. The van der Waals surface area contributed by atoms with Gasteiger partial charge in [-0.15, -0.1) is 0 Å². The van der Waals surface area contributed by atoms with E-state index < -0.39 is 15.2 Å². The molecule has 0 rings (SSSR count). The second-order valence-corrected chi connectivity index (χ2v) is 2.03. The number of nitrogens with two attached hydrogens (primary N) is 1. The maximum absolute atomic E-state index is 9.61. The van der Waals surface area contributed by atoms with Crippen LogP contribution >= 0.6 is 0 Å². The maximum atomic E-state index is 9.61. The number of nitro groups is 1. The summed E-state index contributed by atoms with van der Waals surface area (Å²) in [5, 5.41) is 11.9. The second-order valence-electron chi connectivity index (χ2n) is 0.834. The molecule has 0 unspecified atom stereocenters. The fourth-order valence-electron chi connectivity index (χ4n) is 0.0929. The highest BCUT2D eigenvalue weighted by molar-refractivity contribution is 7.91. The standard InChI is InChI=1S/H2N3O4S/c1-8(6,7)2-3(4)5/h(H2,1,6,7)/q-1. The van der Waals surface area contributed by atoms with Crippen LogP contribution in [0, 0.1) is 10.1 Å². The van der Waals surface area contributed by atoms with Crippen molar-refractivity contribution in [3.63, 3.8) is 0 Å². The Morgan fingerprint density at radius 3 is 2.00 bits per heavy atom. The Kier molecular flexibility index (Phi) is 1.71. The minimum Gasteiger partial charge on any atom is -0.268 e. The molecule has 8 heteroatoms. The third-order valence-corrected chi connectivity index (χ3v) is 0.541. The molecule has 2 N–H and O–H groups in total. The number of rotatable bonds is 2. The molecule has 0 aromatic carbocycles. The molecule has 0 fully saturated rings. The highest BCUT2D eigenvalue weighted by Crippen LogP contribution is 1.90. The van der Waals surface area contributed by atoms with E-state index >= 15 is 0 Å². The van der Waals surface area contributed by atoms with Gasteiger partial charge in [0.25, 0.3) is 0 Å². The molecule has 0 aromatic heterocycles. The first-order chi connectivity index (χ1) is 3.42. The van der Waals surface area contributed by atoms with Crippen LogP contribution in [0.25, 0.3) is 4.83 Å². The van der Waals surface area contributed by atoms with E-state index in [0.29, 0.717) is 0 Å². The van der Waals surface area contributed by atoms with Crippen molar-refractivity contribution in [1.82, 2.24) is 0 Å². The van der Waals surface area contributed by atoms with Crippen molar-refractivity contribution in [2.75, 3.05) is 0 Å². The van der Waals surface area contributed by atoms with Gasteiger partial charge in [-0.05, 0) is 0 Å². The lowest BCUT2D eigenvalue weighted by Gasteiger charge is -2.02. The van der Waals surface area contributed by atoms with Gasteiger partial charge in [0.1, 0.15) is 0 Å². The molecule has 0 heterocycles. The van der Waals surface area contributed by atoms with E-state index in [4.69, 9.17) is 0 Å². The van der Waals surface area contributed by atoms with Crippen molar-refractivity contribution in [2.24, 2.45) is 5.14 Å². The van der Waals surface area contributed by atoms with Crippen LogP contribution < -0.4 is 5.14 Å². The Balaban J connectivity index is 3.95. The first-order valence-electron chi connectivity index (χ1n) is 1.32. The fourth-order valence-corrected chi connectivity index (χ4v) is 0.279. The van der Waals surface area contributed by atoms with Crippen LogP contribution in [0.5, 0.6) is 0 Å². The quantitative estimate of drug-likeness (QED) is 0.381. The summed E-state index contributed by atoms with van der Waals surface area (Å²) in [5.41, 5.74) is 0. The van der Waals surface area contributed by atoms with E-state index in [1.165, 1.54) is 0 Å². The molecule has 7 nitrogen and oxygen atoms in total. The van der Waals surface area contributed by atoms with Gasteiger partial charge in [-0.25, -0.2) is 13.6 Å². The Morgan fingerprint density at radius 1 is 1.62 bits per heavy atom. The third kappa shape index (κ3) is 5.11. The summed E-state index contributed by atoms with van der Waals surface area (Å²) < 4.78 is 19.2. The summed E-state index contributed by atoms with van der Waals surface area (Å²) in [6.45, 7) is 0.